The molecule has 0 atom stereocenters. The lowest BCUT2D eigenvalue weighted by Gasteiger charge is -2.29. The Labute approximate surface area is 201 Å². The molecule has 4 aromatic rings. The molecule has 2 N–H and O–H groups in total. The predicted molar refractivity (Wildman–Crippen MR) is 132 cm³/mol. The highest BCUT2D eigenvalue weighted by Gasteiger charge is 2.27. The Balaban J connectivity index is 1.25. The van der Waals surface area contributed by atoms with Crippen LogP contribution in [0.2, 0.25) is 0 Å². The summed E-state index contributed by atoms with van der Waals surface area (Å²) in [6, 6.07) is 23.2. The molecular formula is C27H22N4O4. The summed E-state index contributed by atoms with van der Waals surface area (Å²) in [5, 5.41) is 5.59. The van der Waals surface area contributed by atoms with E-state index in [-0.39, 0.29) is 30.7 Å². The molecule has 8 heteroatoms. The molecule has 0 unspecified atom stereocenters. The minimum Gasteiger partial charge on any atom is -0.441 e. The Hall–Kier alpha value is -4.72. The summed E-state index contributed by atoms with van der Waals surface area (Å²) >= 11 is 0. The monoisotopic (exact) mass is 466 g/mol. The molecule has 35 heavy (non-hydrogen) atoms. The molecule has 1 aliphatic heterocycles. The summed E-state index contributed by atoms with van der Waals surface area (Å²) < 4.78 is 5.72. The van der Waals surface area contributed by atoms with Crippen molar-refractivity contribution >= 4 is 34.8 Å². The first-order valence-electron chi connectivity index (χ1n) is 11.1. The van der Waals surface area contributed by atoms with Crippen LogP contribution in [0.4, 0.5) is 17.1 Å². The van der Waals surface area contributed by atoms with Gasteiger partial charge in [0.2, 0.25) is 17.7 Å². The van der Waals surface area contributed by atoms with Crippen molar-refractivity contribution in [2.45, 2.75) is 13.3 Å². The molecule has 0 fully saturated rings. The van der Waals surface area contributed by atoms with Gasteiger partial charge in [-0.15, -0.1) is 0 Å². The van der Waals surface area contributed by atoms with Crippen LogP contribution in [0.1, 0.15) is 21.8 Å². The van der Waals surface area contributed by atoms with Crippen molar-refractivity contribution in [1.82, 2.24) is 4.98 Å². The number of amides is 3. The molecule has 0 saturated heterocycles. The first-order chi connectivity index (χ1) is 17.0. The van der Waals surface area contributed by atoms with E-state index in [1.807, 2.05) is 36.4 Å². The normalized spacial score (nSPS) is 12.6. The second-order valence-electron chi connectivity index (χ2n) is 8.15. The van der Waals surface area contributed by atoms with Crippen molar-refractivity contribution < 1.29 is 18.8 Å². The van der Waals surface area contributed by atoms with Crippen LogP contribution in [-0.2, 0) is 16.0 Å². The highest BCUT2D eigenvalue weighted by Crippen LogP contribution is 2.30. The van der Waals surface area contributed by atoms with Gasteiger partial charge in [-0.3, -0.25) is 19.3 Å². The Bertz CT molecular complexity index is 1410. The highest BCUT2D eigenvalue weighted by molar-refractivity contribution is 6.15. The number of anilines is 3. The van der Waals surface area contributed by atoms with Gasteiger partial charge in [-0.1, -0.05) is 30.3 Å². The Kier molecular flexibility index (Phi) is 5.85. The molecule has 1 aromatic heterocycles. The van der Waals surface area contributed by atoms with Crippen molar-refractivity contribution in [2.75, 3.05) is 22.1 Å². The van der Waals surface area contributed by atoms with Gasteiger partial charge in [-0.05, 0) is 55.5 Å². The van der Waals surface area contributed by atoms with Gasteiger partial charge >= 0.3 is 0 Å². The first kappa shape index (κ1) is 22.1. The summed E-state index contributed by atoms with van der Waals surface area (Å²) in [6.45, 7) is 1.72. The maximum absolute atomic E-state index is 13.1. The standard InChI is InChI=1S/C27H22N4O4/c1-17-22(30-26(35-17)18-7-3-2-4-8-18)15-24(32)28-20-13-11-19(12-14-20)27(34)31-16-25(33)29-21-9-5-6-10-23(21)31/h2-14H,15-16H2,1H3,(H,28,32)(H,29,33). The van der Waals surface area contributed by atoms with E-state index in [9.17, 15) is 14.4 Å². The first-order valence-corrected chi connectivity index (χ1v) is 11.1. The van der Waals surface area contributed by atoms with E-state index >= 15 is 0 Å². The molecule has 174 valence electrons. The number of hydrogen-bond acceptors (Lipinski definition) is 5. The molecule has 3 amide bonds. The lowest BCUT2D eigenvalue weighted by Crippen LogP contribution is -2.42. The van der Waals surface area contributed by atoms with E-state index in [2.05, 4.69) is 15.6 Å². The van der Waals surface area contributed by atoms with Gasteiger partial charge < -0.3 is 15.1 Å². The molecule has 0 aliphatic carbocycles. The number of para-hydroxylation sites is 2. The SMILES string of the molecule is Cc1oc(-c2ccccc2)nc1CC(=O)Nc1ccc(C(=O)N2CC(=O)Nc3ccccc32)cc1. The molecule has 2 heterocycles. The van der Waals surface area contributed by atoms with Crippen LogP contribution in [0.25, 0.3) is 11.5 Å². The number of aromatic nitrogens is 1. The van der Waals surface area contributed by atoms with Gasteiger partial charge in [-0.25, -0.2) is 4.98 Å². The third-order valence-corrected chi connectivity index (χ3v) is 5.67. The smallest absolute Gasteiger partial charge is 0.258 e. The zero-order chi connectivity index (χ0) is 24.4. The van der Waals surface area contributed by atoms with Gasteiger partial charge in [-0.2, -0.15) is 0 Å². The van der Waals surface area contributed by atoms with E-state index < -0.39 is 0 Å². The van der Waals surface area contributed by atoms with E-state index in [0.717, 1.165) is 5.56 Å². The van der Waals surface area contributed by atoms with E-state index in [1.54, 1.807) is 49.4 Å². The number of aryl methyl sites for hydroxylation is 1. The molecule has 0 spiro atoms. The Morgan fingerprint density at radius 1 is 1.00 bits per heavy atom. The molecule has 3 aromatic carbocycles. The van der Waals surface area contributed by atoms with Gasteiger partial charge in [0, 0.05) is 16.8 Å². The maximum Gasteiger partial charge on any atom is 0.258 e. The zero-order valence-corrected chi connectivity index (χ0v) is 18.9. The fraction of sp³-hybridized carbons (Fsp3) is 0.111. The number of benzene rings is 3. The number of fused-ring (bicyclic) bond motifs is 1. The fourth-order valence-corrected chi connectivity index (χ4v) is 3.92. The van der Waals surface area contributed by atoms with Crippen LogP contribution in [0.3, 0.4) is 0 Å². The number of rotatable bonds is 5. The number of hydrogen-bond donors (Lipinski definition) is 2. The second-order valence-corrected chi connectivity index (χ2v) is 8.15. The predicted octanol–water partition coefficient (Wildman–Crippen LogP) is 4.43. The minimum atomic E-state index is -0.295. The highest BCUT2D eigenvalue weighted by atomic mass is 16.4. The average molecular weight is 466 g/mol. The summed E-state index contributed by atoms with van der Waals surface area (Å²) in [4.78, 5) is 43.6. The number of nitrogens with one attached hydrogen (secondary N) is 2. The molecule has 8 nitrogen and oxygen atoms in total. The van der Waals surface area contributed by atoms with Gasteiger partial charge in [0.25, 0.3) is 5.91 Å². The van der Waals surface area contributed by atoms with E-state index in [0.29, 0.717) is 40.0 Å². The number of oxazole rings is 1. The average Bonchev–Trinajstić information content (AvgIpc) is 3.24. The second kappa shape index (κ2) is 9.26. The minimum absolute atomic E-state index is 0.0581. The van der Waals surface area contributed by atoms with Gasteiger partial charge in [0.1, 0.15) is 12.3 Å². The van der Waals surface area contributed by atoms with E-state index in [4.69, 9.17) is 4.42 Å². The molecule has 0 bridgehead atoms. The van der Waals surface area contributed by atoms with E-state index in [1.165, 1.54) is 4.90 Å². The molecular weight excluding hydrogens is 444 g/mol. The van der Waals surface area contributed by atoms with Crippen molar-refractivity contribution in [2.24, 2.45) is 0 Å². The van der Waals surface area contributed by atoms with Gasteiger partial charge in [0.05, 0.1) is 23.5 Å². The van der Waals surface area contributed by atoms with Crippen LogP contribution in [0.5, 0.6) is 0 Å². The fourth-order valence-electron chi connectivity index (χ4n) is 3.92. The van der Waals surface area contributed by atoms with Gasteiger partial charge in [0.15, 0.2) is 0 Å². The summed E-state index contributed by atoms with van der Waals surface area (Å²) in [5.74, 6) is 0.269. The topological polar surface area (TPSA) is 105 Å². The Morgan fingerprint density at radius 2 is 1.71 bits per heavy atom. The third kappa shape index (κ3) is 4.67. The largest absolute Gasteiger partial charge is 0.441 e. The summed E-state index contributed by atoms with van der Waals surface area (Å²) in [7, 11) is 0. The number of carbonyl (C=O) groups is 3. The molecule has 1 aliphatic rings. The lowest BCUT2D eigenvalue weighted by molar-refractivity contribution is -0.116. The van der Waals surface area contributed by atoms with Crippen molar-refractivity contribution in [3.05, 3.63) is 95.9 Å². The summed E-state index contributed by atoms with van der Waals surface area (Å²) in [5.41, 5.74) is 3.61. The zero-order valence-electron chi connectivity index (χ0n) is 18.9. The summed E-state index contributed by atoms with van der Waals surface area (Å²) in [6.07, 6.45) is 0.0581. The number of carbonyl (C=O) groups excluding carboxylic acids is 3. The number of nitrogens with zero attached hydrogens (tertiary/aromatic N) is 2. The molecule has 0 saturated carbocycles. The van der Waals surface area contributed by atoms with Crippen molar-refractivity contribution in [1.29, 1.82) is 0 Å². The lowest BCUT2D eigenvalue weighted by atomic mass is 10.1. The van der Waals surface area contributed by atoms with Crippen molar-refractivity contribution in [3.8, 4) is 11.5 Å². The van der Waals surface area contributed by atoms with Crippen LogP contribution in [0, 0.1) is 6.92 Å². The van der Waals surface area contributed by atoms with Crippen molar-refractivity contribution in [3.63, 3.8) is 0 Å². The van der Waals surface area contributed by atoms with Crippen LogP contribution in [0.15, 0.2) is 83.3 Å². The quantitative estimate of drug-likeness (QED) is 0.453. The van der Waals surface area contributed by atoms with Crippen LogP contribution < -0.4 is 15.5 Å². The molecule has 0 radical (unpaired) electrons. The van der Waals surface area contributed by atoms with Crippen LogP contribution >= 0.6 is 0 Å². The third-order valence-electron chi connectivity index (χ3n) is 5.67. The Morgan fingerprint density at radius 3 is 2.49 bits per heavy atom. The maximum atomic E-state index is 13.1. The molecule has 5 rings (SSSR count). The van der Waals surface area contributed by atoms with Crippen LogP contribution in [-0.4, -0.2) is 29.3 Å².